The highest BCUT2D eigenvalue weighted by Gasteiger charge is 2.02. The molecule has 0 spiro atoms. The Labute approximate surface area is 107 Å². The summed E-state index contributed by atoms with van der Waals surface area (Å²) in [6.45, 7) is 1.87. The maximum atomic E-state index is 3.50. The van der Waals surface area contributed by atoms with Gasteiger partial charge in [0.25, 0.3) is 0 Å². The Balaban J connectivity index is 2.04. The predicted molar refractivity (Wildman–Crippen MR) is 75.5 cm³/mol. The molecule has 1 heterocycles. The lowest BCUT2D eigenvalue weighted by Gasteiger charge is -2.15. The Bertz CT molecular complexity index is 449. The Morgan fingerprint density at radius 3 is 2.65 bits per heavy atom. The van der Waals surface area contributed by atoms with Gasteiger partial charge in [-0.3, -0.25) is 0 Å². The van der Waals surface area contributed by atoms with Crippen molar-refractivity contribution in [3.8, 4) is 0 Å². The normalized spacial score (nSPS) is 10.8. The second-order valence-electron chi connectivity index (χ2n) is 4.33. The van der Waals surface area contributed by atoms with Gasteiger partial charge in [0, 0.05) is 23.7 Å². The van der Waals surface area contributed by atoms with E-state index in [2.05, 4.69) is 66.1 Å². The molecular weight excluding hydrogens is 228 g/mol. The van der Waals surface area contributed by atoms with Gasteiger partial charge in [-0.05, 0) is 37.2 Å². The number of nitrogens with one attached hydrogen (secondary N) is 1. The molecule has 0 radical (unpaired) electrons. The third-order valence-corrected chi connectivity index (χ3v) is 3.41. The third kappa shape index (κ3) is 3.58. The second kappa shape index (κ2) is 5.84. The van der Waals surface area contributed by atoms with E-state index in [0.717, 1.165) is 13.1 Å². The number of hydrogen-bond acceptors (Lipinski definition) is 3. The average molecular weight is 246 g/mol. The van der Waals surface area contributed by atoms with Crippen molar-refractivity contribution in [1.29, 1.82) is 0 Å². The van der Waals surface area contributed by atoms with Crippen molar-refractivity contribution in [3.63, 3.8) is 0 Å². The fraction of sp³-hybridized carbons (Fsp3) is 0.286. The van der Waals surface area contributed by atoms with E-state index in [9.17, 15) is 0 Å². The van der Waals surface area contributed by atoms with Gasteiger partial charge in [-0.1, -0.05) is 24.3 Å². The SMILES string of the molecule is CN(C)Cc1ccccc1NCc1cccs1. The van der Waals surface area contributed by atoms with Crippen LogP contribution in [0.25, 0.3) is 0 Å². The lowest BCUT2D eigenvalue weighted by molar-refractivity contribution is 0.403. The van der Waals surface area contributed by atoms with Gasteiger partial charge in [0.1, 0.15) is 0 Å². The molecule has 90 valence electrons. The molecule has 1 aromatic carbocycles. The molecule has 0 bridgehead atoms. The van der Waals surface area contributed by atoms with Gasteiger partial charge in [0.15, 0.2) is 0 Å². The highest BCUT2D eigenvalue weighted by Crippen LogP contribution is 2.18. The zero-order valence-electron chi connectivity index (χ0n) is 10.3. The Morgan fingerprint density at radius 1 is 1.12 bits per heavy atom. The molecule has 0 saturated heterocycles. The molecule has 0 amide bonds. The number of rotatable bonds is 5. The molecule has 0 aliphatic rings. The molecule has 0 aliphatic heterocycles. The van der Waals surface area contributed by atoms with Crippen molar-refractivity contribution in [2.24, 2.45) is 0 Å². The van der Waals surface area contributed by atoms with E-state index in [4.69, 9.17) is 0 Å². The molecule has 17 heavy (non-hydrogen) atoms. The van der Waals surface area contributed by atoms with Gasteiger partial charge in [-0.15, -0.1) is 11.3 Å². The molecule has 0 atom stereocenters. The molecule has 0 aliphatic carbocycles. The minimum absolute atomic E-state index is 0.905. The Kier molecular flexibility index (Phi) is 4.18. The van der Waals surface area contributed by atoms with Gasteiger partial charge in [-0.25, -0.2) is 0 Å². The summed E-state index contributed by atoms with van der Waals surface area (Å²) in [5.41, 5.74) is 2.57. The Morgan fingerprint density at radius 2 is 1.94 bits per heavy atom. The summed E-state index contributed by atoms with van der Waals surface area (Å²) in [6.07, 6.45) is 0. The van der Waals surface area contributed by atoms with Gasteiger partial charge >= 0.3 is 0 Å². The van der Waals surface area contributed by atoms with Crippen LogP contribution in [0.4, 0.5) is 5.69 Å². The van der Waals surface area contributed by atoms with Crippen LogP contribution in [-0.4, -0.2) is 19.0 Å². The minimum atomic E-state index is 0.905. The van der Waals surface area contributed by atoms with E-state index in [1.54, 1.807) is 11.3 Å². The highest BCUT2D eigenvalue weighted by molar-refractivity contribution is 7.09. The van der Waals surface area contributed by atoms with Crippen LogP contribution in [0.3, 0.4) is 0 Å². The molecule has 1 aromatic heterocycles. The number of benzene rings is 1. The Hall–Kier alpha value is -1.32. The van der Waals surface area contributed by atoms with E-state index >= 15 is 0 Å². The van der Waals surface area contributed by atoms with Crippen LogP contribution in [0.15, 0.2) is 41.8 Å². The standard InChI is InChI=1S/C14H18N2S/c1-16(2)11-12-6-3-4-8-14(12)15-10-13-7-5-9-17-13/h3-9,15H,10-11H2,1-2H3. The van der Waals surface area contributed by atoms with Crippen molar-refractivity contribution in [2.75, 3.05) is 19.4 Å². The van der Waals surface area contributed by atoms with Crippen LogP contribution in [0.2, 0.25) is 0 Å². The first-order chi connectivity index (χ1) is 8.25. The lowest BCUT2D eigenvalue weighted by Crippen LogP contribution is -2.12. The zero-order chi connectivity index (χ0) is 12.1. The van der Waals surface area contributed by atoms with Crippen LogP contribution in [0.5, 0.6) is 0 Å². The fourth-order valence-corrected chi connectivity index (χ4v) is 2.41. The number of hydrogen-bond donors (Lipinski definition) is 1. The fourth-order valence-electron chi connectivity index (χ4n) is 1.77. The number of thiophene rings is 1. The van der Waals surface area contributed by atoms with Crippen molar-refractivity contribution in [1.82, 2.24) is 4.90 Å². The summed E-state index contributed by atoms with van der Waals surface area (Å²) >= 11 is 1.79. The quantitative estimate of drug-likeness (QED) is 0.869. The van der Waals surface area contributed by atoms with Crippen LogP contribution in [0.1, 0.15) is 10.4 Å². The summed E-state index contributed by atoms with van der Waals surface area (Å²) in [5, 5.41) is 5.62. The number of nitrogens with zero attached hydrogens (tertiary/aromatic N) is 1. The molecule has 1 N–H and O–H groups in total. The summed E-state index contributed by atoms with van der Waals surface area (Å²) in [4.78, 5) is 3.55. The van der Waals surface area contributed by atoms with Crippen LogP contribution in [0, 0.1) is 0 Å². The molecule has 0 saturated carbocycles. The lowest BCUT2D eigenvalue weighted by atomic mass is 10.1. The van der Waals surface area contributed by atoms with E-state index in [1.807, 2.05) is 0 Å². The zero-order valence-corrected chi connectivity index (χ0v) is 11.1. The van der Waals surface area contributed by atoms with E-state index < -0.39 is 0 Å². The van der Waals surface area contributed by atoms with E-state index in [0.29, 0.717) is 0 Å². The molecule has 0 unspecified atom stereocenters. The van der Waals surface area contributed by atoms with Crippen LogP contribution in [-0.2, 0) is 13.1 Å². The topological polar surface area (TPSA) is 15.3 Å². The van der Waals surface area contributed by atoms with Crippen molar-refractivity contribution in [3.05, 3.63) is 52.2 Å². The van der Waals surface area contributed by atoms with Gasteiger partial charge < -0.3 is 10.2 Å². The minimum Gasteiger partial charge on any atom is -0.380 e. The summed E-state index contributed by atoms with van der Waals surface area (Å²) < 4.78 is 0. The first-order valence-electron chi connectivity index (χ1n) is 5.74. The summed E-state index contributed by atoms with van der Waals surface area (Å²) in [6, 6.07) is 12.7. The smallest absolute Gasteiger partial charge is 0.0494 e. The third-order valence-electron chi connectivity index (χ3n) is 2.54. The molecule has 3 heteroatoms. The van der Waals surface area contributed by atoms with E-state index in [-0.39, 0.29) is 0 Å². The van der Waals surface area contributed by atoms with E-state index in [1.165, 1.54) is 16.1 Å². The van der Waals surface area contributed by atoms with Crippen LogP contribution >= 0.6 is 11.3 Å². The van der Waals surface area contributed by atoms with Crippen LogP contribution < -0.4 is 5.32 Å². The monoisotopic (exact) mass is 246 g/mol. The van der Waals surface area contributed by atoms with Gasteiger partial charge in [0.05, 0.1) is 0 Å². The second-order valence-corrected chi connectivity index (χ2v) is 5.36. The average Bonchev–Trinajstić information content (AvgIpc) is 2.80. The highest BCUT2D eigenvalue weighted by atomic mass is 32.1. The van der Waals surface area contributed by atoms with Gasteiger partial charge in [0.2, 0.25) is 0 Å². The van der Waals surface area contributed by atoms with Crippen molar-refractivity contribution >= 4 is 17.0 Å². The largest absolute Gasteiger partial charge is 0.380 e. The maximum absolute atomic E-state index is 3.50. The number of anilines is 1. The summed E-state index contributed by atoms with van der Waals surface area (Å²) in [7, 11) is 4.19. The molecular formula is C14H18N2S. The molecule has 0 fully saturated rings. The van der Waals surface area contributed by atoms with Crippen molar-refractivity contribution in [2.45, 2.75) is 13.1 Å². The molecule has 2 rings (SSSR count). The molecule has 2 aromatic rings. The maximum Gasteiger partial charge on any atom is 0.0494 e. The summed E-state index contributed by atoms with van der Waals surface area (Å²) in [5.74, 6) is 0. The van der Waals surface area contributed by atoms with Crippen molar-refractivity contribution < 1.29 is 0 Å². The number of para-hydroxylation sites is 1. The predicted octanol–water partition coefficient (Wildman–Crippen LogP) is 3.42. The molecule has 2 nitrogen and oxygen atoms in total. The van der Waals surface area contributed by atoms with Gasteiger partial charge in [-0.2, -0.15) is 0 Å². The first kappa shape index (κ1) is 12.1. The first-order valence-corrected chi connectivity index (χ1v) is 6.62.